The monoisotopic (exact) mass is 380 g/mol. The van der Waals surface area contributed by atoms with E-state index in [1.54, 1.807) is 0 Å². The van der Waals surface area contributed by atoms with E-state index in [1.807, 2.05) is 18.2 Å². The molecule has 0 radical (unpaired) electrons. The van der Waals surface area contributed by atoms with Gasteiger partial charge in [-0.3, -0.25) is 9.69 Å². The molecule has 1 aromatic carbocycles. The third kappa shape index (κ3) is 2.23. The van der Waals surface area contributed by atoms with Gasteiger partial charge in [0, 0.05) is 10.2 Å². The van der Waals surface area contributed by atoms with Gasteiger partial charge in [0.1, 0.15) is 0 Å². The molecule has 6 heteroatoms. The highest BCUT2D eigenvalue weighted by atomic mass is 35.5. The van der Waals surface area contributed by atoms with Crippen molar-refractivity contribution < 1.29 is 4.79 Å². The molecule has 3 nitrogen and oxygen atoms in total. The van der Waals surface area contributed by atoms with Gasteiger partial charge in [-0.15, -0.1) is 11.3 Å². The summed E-state index contributed by atoms with van der Waals surface area (Å²) in [7, 11) is 0. The number of carbonyl (C=O) groups is 1. The lowest BCUT2D eigenvalue weighted by atomic mass is 9.77. The SMILES string of the molecule is O=C(N[C@H]1C2CCN(CC2)C12CC2)c1cc2cc(Cl)c(Cl)cc2s1. The largest absolute Gasteiger partial charge is 0.346 e. The molecular formula is C18H18Cl2N2OS. The van der Waals surface area contributed by atoms with Crippen LogP contribution in [0.2, 0.25) is 10.0 Å². The van der Waals surface area contributed by atoms with Crippen LogP contribution in [0.5, 0.6) is 0 Å². The average Bonchev–Trinajstić information content (AvgIpc) is 3.25. The molecule has 2 aromatic rings. The third-order valence-corrected chi connectivity index (χ3v) is 7.87. The summed E-state index contributed by atoms with van der Waals surface area (Å²) in [5.74, 6) is 0.688. The quantitative estimate of drug-likeness (QED) is 0.827. The number of carbonyl (C=O) groups excluding carboxylic acids is 1. The minimum absolute atomic E-state index is 0.0495. The van der Waals surface area contributed by atoms with E-state index in [-0.39, 0.29) is 11.4 Å². The number of rotatable bonds is 2. The summed E-state index contributed by atoms with van der Waals surface area (Å²) in [5, 5.41) is 5.42. The van der Waals surface area contributed by atoms with Gasteiger partial charge in [0.25, 0.3) is 5.91 Å². The van der Waals surface area contributed by atoms with Crippen molar-refractivity contribution in [2.45, 2.75) is 37.3 Å². The lowest BCUT2D eigenvalue weighted by Crippen LogP contribution is -2.65. The molecule has 3 aliphatic heterocycles. The van der Waals surface area contributed by atoms with E-state index >= 15 is 0 Å². The van der Waals surface area contributed by atoms with Gasteiger partial charge >= 0.3 is 0 Å². The second-order valence-corrected chi connectivity index (χ2v) is 9.19. The minimum Gasteiger partial charge on any atom is -0.346 e. The Kier molecular flexibility index (Phi) is 3.44. The summed E-state index contributed by atoms with van der Waals surface area (Å²) in [4.78, 5) is 16.2. The fraction of sp³-hybridized carbons (Fsp3) is 0.500. The predicted molar refractivity (Wildman–Crippen MR) is 99.4 cm³/mol. The standard InChI is InChI=1S/C18H18Cl2N2OS/c19-12-7-11-8-15(24-14(11)9-13(12)20)17(23)21-16-10-1-5-22(6-2-10)18(16)3-4-18/h7-10,16H,1-6H2,(H,21,23)/t16-/m0/s1. The fourth-order valence-electron chi connectivity index (χ4n) is 4.68. The van der Waals surface area contributed by atoms with Crippen molar-refractivity contribution >= 4 is 50.5 Å². The van der Waals surface area contributed by atoms with Crippen molar-refractivity contribution in [3.8, 4) is 0 Å². The molecule has 4 heterocycles. The van der Waals surface area contributed by atoms with Crippen molar-refractivity contribution in [2.75, 3.05) is 13.1 Å². The first-order valence-electron chi connectivity index (χ1n) is 8.51. The molecule has 1 aromatic heterocycles. The van der Waals surface area contributed by atoms with Crippen LogP contribution in [0.25, 0.3) is 10.1 Å². The highest BCUT2D eigenvalue weighted by molar-refractivity contribution is 7.20. The van der Waals surface area contributed by atoms with Gasteiger partial charge in [-0.1, -0.05) is 23.2 Å². The zero-order chi connectivity index (χ0) is 16.5. The lowest BCUT2D eigenvalue weighted by Gasteiger charge is -2.52. The number of fused-ring (bicyclic) bond motifs is 3. The molecule has 1 spiro atoms. The number of nitrogens with one attached hydrogen (secondary N) is 1. The lowest BCUT2D eigenvalue weighted by molar-refractivity contribution is -0.00138. The normalized spacial score (nSPS) is 30.0. The maximum absolute atomic E-state index is 12.9. The van der Waals surface area contributed by atoms with E-state index in [9.17, 15) is 4.79 Å². The Morgan fingerprint density at radius 1 is 1.17 bits per heavy atom. The molecular weight excluding hydrogens is 363 g/mol. The molecule has 1 N–H and O–H groups in total. The summed E-state index contributed by atoms with van der Waals surface area (Å²) < 4.78 is 1.00. The minimum atomic E-state index is 0.0495. The Morgan fingerprint density at radius 3 is 2.58 bits per heavy atom. The molecule has 3 saturated heterocycles. The van der Waals surface area contributed by atoms with Crippen molar-refractivity contribution in [1.82, 2.24) is 10.2 Å². The van der Waals surface area contributed by atoms with Crippen LogP contribution in [0.15, 0.2) is 18.2 Å². The van der Waals surface area contributed by atoms with Crippen molar-refractivity contribution in [3.05, 3.63) is 33.1 Å². The number of halogens is 2. The van der Waals surface area contributed by atoms with Crippen LogP contribution in [-0.2, 0) is 0 Å². The molecule has 1 atom stereocenters. The topological polar surface area (TPSA) is 32.3 Å². The first kappa shape index (κ1) is 15.4. The molecule has 6 rings (SSSR count). The van der Waals surface area contributed by atoms with E-state index in [4.69, 9.17) is 23.2 Å². The van der Waals surface area contributed by atoms with Gasteiger partial charge in [-0.25, -0.2) is 0 Å². The first-order valence-corrected chi connectivity index (χ1v) is 10.1. The van der Waals surface area contributed by atoms with Crippen molar-refractivity contribution in [2.24, 2.45) is 5.92 Å². The number of nitrogens with zero attached hydrogens (tertiary/aromatic N) is 1. The number of hydrogen-bond acceptors (Lipinski definition) is 3. The second-order valence-electron chi connectivity index (χ2n) is 7.29. The first-order chi connectivity index (χ1) is 11.6. The van der Waals surface area contributed by atoms with E-state index in [2.05, 4.69) is 10.2 Å². The Morgan fingerprint density at radius 2 is 1.88 bits per heavy atom. The van der Waals surface area contributed by atoms with E-state index in [0.29, 0.717) is 22.0 Å². The fourth-order valence-corrected chi connectivity index (χ4v) is 6.07. The van der Waals surface area contributed by atoms with Crippen LogP contribution in [0.1, 0.15) is 35.4 Å². The van der Waals surface area contributed by atoms with E-state index in [1.165, 1.54) is 50.1 Å². The summed E-state index contributed by atoms with van der Waals surface area (Å²) >= 11 is 13.7. The number of amides is 1. The molecule has 0 unspecified atom stereocenters. The summed E-state index contributed by atoms with van der Waals surface area (Å²) in [6, 6.07) is 5.92. The molecule has 4 fully saturated rings. The summed E-state index contributed by atoms with van der Waals surface area (Å²) in [6.07, 6.45) is 4.88. The number of benzene rings is 1. The Bertz CT molecular complexity index is 798. The number of thiophene rings is 1. The van der Waals surface area contributed by atoms with Crippen LogP contribution in [0.4, 0.5) is 0 Å². The van der Waals surface area contributed by atoms with Gasteiger partial charge in [0.05, 0.1) is 21.0 Å². The van der Waals surface area contributed by atoms with Crippen LogP contribution >= 0.6 is 34.5 Å². The van der Waals surface area contributed by atoms with Crippen LogP contribution in [0.3, 0.4) is 0 Å². The number of piperidine rings is 3. The van der Waals surface area contributed by atoms with Crippen molar-refractivity contribution in [3.63, 3.8) is 0 Å². The summed E-state index contributed by atoms with van der Waals surface area (Å²) in [6.45, 7) is 2.41. The summed E-state index contributed by atoms with van der Waals surface area (Å²) in [5.41, 5.74) is 0.264. The van der Waals surface area contributed by atoms with Crippen LogP contribution < -0.4 is 5.32 Å². The highest BCUT2D eigenvalue weighted by Gasteiger charge is 2.60. The van der Waals surface area contributed by atoms with E-state index < -0.39 is 0 Å². The molecule has 126 valence electrons. The Labute approximate surface area is 154 Å². The molecule has 24 heavy (non-hydrogen) atoms. The third-order valence-electron chi connectivity index (χ3n) is 6.05. The molecule has 1 amide bonds. The van der Waals surface area contributed by atoms with Gasteiger partial charge in [0.2, 0.25) is 0 Å². The highest BCUT2D eigenvalue weighted by Crippen LogP contribution is 2.53. The van der Waals surface area contributed by atoms with Gasteiger partial charge in [-0.2, -0.15) is 0 Å². The average molecular weight is 381 g/mol. The number of hydrogen-bond donors (Lipinski definition) is 1. The Hall–Kier alpha value is -0.810. The molecule has 4 aliphatic rings. The second kappa shape index (κ2) is 5.34. The predicted octanol–water partition coefficient (Wildman–Crippen LogP) is 4.56. The smallest absolute Gasteiger partial charge is 0.261 e. The van der Waals surface area contributed by atoms with Crippen LogP contribution in [-0.4, -0.2) is 35.5 Å². The maximum atomic E-state index is 12.9. The molecule has 1 aliphatic carbocycles. The van der Waals surface area contributed by atoms with Gasteiger partial charge < -0.3 is 5.32 Å². The van der Waals surface area contributed by atoms with E-state index in [0.717, 1.165) is 15.0 Å². The maximum Gasteiger partial charge on any atom is 0.261 e. The molecule has 1 saturated carbocycles. The van der Waals surface area contributed by atoms with Crippen LogP contribution in [0, 0.1) is 5.92 Å². The zero-order valence-corrected chi connectivity index (χ0v) is 15.5. The van der Waals surface area contributed by atoms with Gasteiger partial charge in [-0.05, 0) is 68.3 Å². The zero-order valence-electron chi connectivity index (χ0n) is 13.1. The van der Waals surface area contributed by atoms with Gasteiger partial charge in [0.15, 0.2) is 0 Å². The Balaban J connectivity index is 1.43. The molecule has 2 bridgehead atoms. The van der Waals surface area contributed by atoms with Crippen molar-refractivity contribution in [1.29, 1.82) is 0 Å².